The van der Waals surface area contributed by atoms with Gasteiger partial charge in [0.15, 0.2) is 6.61 Å². The highest BCUT2D eigenvalue weighted by molar-refractivity contribution is 6.32. The first-order valence-electron chi connectivity index (χ1n) is 16.7. The van der Waals surface area contributed by atoms with Crippen LogP contribution in [-0.4, -0.2) is 108 Å². The highest BCUT2D eigenvalue weighted by atomic mass is 35.5. The Bertz CT molecular complexity index is 1500. The van der Waals surface area contributed by atoms with Gasteiger partial charge in [-0.05, 0) is 95.4 Å². The maximum atomic E-state index is 12.8. The molecule has 6 N–H and O–H groups in total. The van der Waals surface area contributed by atoms with Crippen molar-refractivity contribution in [3.05, 3.63) is 58.6 Å². The molecule has 0 aliphatic heterocycles. The third-order valence-electron chi connectivity index (χ3n) is 6.45. The first-order valence-corrected chi connectivity index (χ1v) is 17.1. The minimum Gasteiger partial charge on any atom is -0.492 e. The Balaban J connectivity index is 0.00000279. The van der Waals surface area contributed by atoms with Crippen LogP contribution in [0.5, 0.6) is 5.75 Å². The van der Waals surface area contributed by atoms with Gasteiger partial charge in [-0.3, -0.25) is 19.4 Å². The Morgan fingerprint density at radius 2 is 1.70 bits per heavy atom. The lowest BCUT2D eigenvalue weighted by Crippen LogP contribution is -2.47. The Morgan fingerprint density at radius 1 is 1.06 bits per heavy atom. The Kier molecular flexibility index (Phi) is 23.1. The molecular weight excluding hydrogens is 733 g/mol. The smallest absolute Gasteiger partial charge is 0.422 e. The van der Waals surface area contributed by atoms with Gasteiger partial charge in [0.1, 0.15) is 11.4 Å². The molecule has 0 spiro atoms. The first-order chi connectivity index (χ1) is 25.3. The predicted molar refractivity (Wildman–Crippen MR) is 207 cm³/mol. The molecule has 14 nitrogen and oxygen atoms in total. The van der Waals surface area contributed by atoms with Crippen molar-refractivity contribution in [1.29, 1.82) is 0 Å². The number of halogens is 4. The molecule has 0 fully saturated rings. The number of carbonyl (C=O) groups is 3. The predicted octanol–water partition coefficient (Wildman–Crippen LogP) is 4.90. The van der Waals surface area contributed by atoms with Gasteiger partial charge in [0.25, 0.3) is 12.4 Å². The summed E-state index contributed by atoms with van der Waals surface area (Å²) in [5, 5.41) is 6.22. The second kappa shape index (κ2) is 25.3. The summed E-state index contributed by atoms with van der Waals surface area (Å²) in [6.07, 6.45) is -3.25. The van der Waals surface area contributed by atoms with Crippen molar-refractivity contribution in [1.82, 2.24) is 15.5 Å². The van der Waals surface area contributed by atoms with Gasteiger partial charge in [0.05, 0.1) is 36.7 Å². The molecule has 0 heterocycles. The molecule has 0 aliphatic carbocycles. The number of amidine groups is 1. The number of nitrogens with zero attached hydrogens (tertiary/aromatic N) is 4. The number of amides is 2. The quantitative estimate of drug-likeness (QED) is 0.0747. The Labute approximate surface area is 320 Å². The normalized spacial score (nSPS) is 11.7. The molecule has 2 rings (SSSR count). The molecule has 0 saturated carbocycles. The fraction of sp³-hybridized carbons (Fsp3) is 0.500. The van der Waals surface area contributed by atoms with Crippen LogP contribution in [0, 0.1) is 5.41 Å². The largest absolute Gasteiger partial charge is 0.492 e. The molecule has 2 aromatic carbocycles. The zero-order chi connectivity index (χ0) is 41.4. The number of benzene rings is 2. The van der Waals surface area contributed by atoms with Crippen LogP contribution in [0.4, 0.5) is 18.9 Å². The first kappa shape index (κ1) is 49.3. The summed E-state index contributed by atoms with van der Waals surface area (Å²) in [6, 6.07) is 10.6. The van der Waals surface area contributed by atoms with E-state index in [0.29, 0.717) is 55.5 Å². The molecule has 0 aromatic heterocycles. The fourth-order valence-corrected chi connectivity index (χ4v) is 4.38. The van der Waals surface area contributed by atoms with Crippen molar-refractivity contribution in [2.24, 2.45) is 31.9 Å². The van der Waals surface area contributed by atoms with Gasteiger partial charge >= 0.3 is 12.2 Å². The minimum absolute atomic E-state index is 0.0927. The number of hydrogen-bond donors (Lipinski definition) is 4. The molecule has 0 saturated heterocycles. The molecule has 0 unspecified atom stereocenters. The number of alkyl halides is 3. The van der Waals surface area contributed by atoms with E-state index in [1.807, 2.05) is 40.7 Å². The van der Waals surface area contributed by atoms with Crippen LogP contribution in [-0.2, 0) is 25.6 Å². The molecular formula is C36H54ClF3N8O6. The van der Waals surface area contributed by atoms with E-state index in [-0.39, 0.29) is 36.2 Å². The zero-order valence-electron chi connectivity index (χ0n) is 32.0. The van der Waals surface area contributed by atoms with E-state index in [0.717, 1.165) is 11.9 Å². The van der Waals surface area contributed by atoms with E-state index >= 15 is 0 Å². The third kappa shape index (κ3) is 22.4. The summed E-state index contributed by atoms with van der Waals surface area (Å²) >= 11 is 6.31. The molecule has 0 aliphatic rings. The molecule has 18 heteroatoms. The molecule has 0 atom stereocenters. The third-order valence-corrected chi connectivity index (χ3v) is 6.75. The number of hydrogen-bond acceptors (Lipinski definition) is 10. The zero-order valence-corrected chi connectivity index (χ0v) is 32.7. The molecule has 302 valence electrons. The average Bonchev–Trinajstić information content (AvgIpc) is 3.09. The van der Waals surface area contributed by atoms with Crippen LogP contribution >= 0.6 is 11.6 Å². The van der Waals surface area contributed by atoms with Crippen molar-refractivity contribution in [2.45, 2.75) is 59.4 Å². The standard InChI is InChI=1S/C30H39ClF3N7O4.C5H10O2.CH5N/c1-29(2,17-38-27(43)22-7-9-23(10-8-22)40-28(39-20-35)45-19-30(32,33)34)18-41(26(42)16-37-4)12-5-13-44-25-11-6-21(15-36-3)14-24(25)31;1-5(2,3)7-4-6;1-2/h6-11,14,20,37H,3,5,12-13,15-19H2,1-2,4H3,(H,38,43)(H2,35,39,40);4H,1-3H3;2H2,1H3. The summed E-state index contributed by atoms with van der Waals surface area (Å²) in [5.74, 6) is 0.0741. The number of nitrogens with one attached hydrogen (secondary N) is 2. The van der Waals surface area contributed by atoms with Gasteiger partial charge in [-0.25, -0.2) is 0 Å². The highest BCUT2D eigenvalue weighted by Crippen LogP contribution is 2.26. The Morgan fingerprint density at radius 3 is 2.20 bits per heavy atom. The maximum absolute atomic E-state index is 12.8. The number of rotatable bonds is 17. The lowest BCUT2D eigenvalue weighted by Gasteiger charge is -2.33. The summed E-state index contributed by atoms with van der Waals surface area (Å²) in [7, 11) is 3.19. The number of aliphatic imine (C=N–C) groups is 3. The highest BCUT2D eigenvalue weighted by Gasteiger charge is 2.29. The van der Waals surface area contributed by atoms with Gasteiger partial charge in [0.2, 0.25) is 5.91 Å². The van der Waals surface area contributed by atoms with Gasteiger partial charge in [-0.1, -0.05) is 31.5 Å². The second-order valence-electron chi connectivity index (χ2n) is 13.0. The van der Waals surface area contributed by atoms with Gasteiger partial charge in [0, 0.05) is 25.2 Å². The van der Waals surface area contributed by atoms with Crippen molar-refractivity contribution in [3.8, 4) is 5.75 Å². The second-order valence-corrected chi connectivity index (χ2v) is 13.4. The van der Waals surface area contributed by atoms with Crippen molar-refractivity contribution in [2.75, 3.05) is 53.5 Å². The van der Waals surface area contributed by atoms with Crippen molar-refractivity contribution >= 4 is 54.7 Å². The molecule has 54 heavy (non-hydrogen) atoms. The number of ether oxygens (including phenoxy) is 3. The van der Waals surface area contributed by atoms with E-state index in [4.69, 9.17) is 22.1 Å². The van der Waals surface area contributed by atoms with Crippen LogP contribution in [0.15, 0.2) is 57.4 Å². The fourth-order valence-electron chi connectivity index (χ4n) is 4.13. The van der Waals surface area contributed by atoms with E-state index in [1.54, 1.807) is 24.1 Å². The molecule has 0 radical (unpaired) electrons. The lowest BCUT2D eigenvalue weighted by molar-refractivity contribution is -0.156. The maximum Gasteiger partial charge on any atom is 0.422 e. The number of nitrogens with two attached hydrogens (primary N) is 2. The summed E-state index contributed by atoms with van der Waals surface area (Å²) in [4.78, 5) is 48.2. The van der Waals surface area contributed by atoms with Crippen LogP contribution in [0.2, 0.25) is 5.02 Å². The number of likely N-dealkylation sites (N-methyl/N-ethyl adjacent to an activating group) is 1. The SMILES string of the molecule is C=NCc1ccc(OCCCN(CC(C)(C)CNC(=O)c2ccc(N=C(/N=C/N)OCC(F)(F)F)cc2)C(=O)CNC)c(Cl)c1.CC(C)(C)OC=O.CN. The lowest BCUT2D eigenvalue weighted by atomic mass is 9.92. The van der Waals surface area contributed by atoms with Crippen LogP contribution < -0.4 is 26.8 Å². The van der Waals surface area contributed by atoms with Crippen LogP contribution in [0.3, 0.4) is 0 Å². The van der Waals surface area contributed by atoms with Crippen LogP contribution in [0.25, 0.3) is 0 Å². The minimum atomic E-state index is -4.57. The van der Waals surface area contributed by atoms with E-state index in [1.165, 1.54) is 31.3 Å². The van der Waals surface area contributed by atoms with E-state index in [2.05, 4.69) is 47.5 Å². The molecule has 2 aromatic rings. The van der Waals surface area contributed by atoms with Crippen molar-refractivity contribution in [3.63, 3.8) is 0 Å². The monoisotopic (exact) mass is 786 g/mol. The van der Waals surface area contributed by atoms with Crippen LogP contribution in [0.1, 0.15) is 57.0 Å². The summed E-state index contributed by atoms with van der Waals surface area (Å²) < 4.78 is 52.3. The van der Waals surface area contributed by atoms with E-state index in [9.17, 15) is 27.6 Å². The molecule has 2 amide bonds. The van der Waals surface area contributed by atoms with Gasteiger partial charge < -0.3 is 41.2 Å². The Hall–Kier alpha value is -4.74. The molecule has 0 bridgehead atoms. The summed E-state index contributed by atoms with van der Waals surface area (Å²) in [5.41, 5.74) is 10.3. The number of carbonyl (C=O) groups excluding carboxylic acids is 3. The summed E-state index contributed by atoms with van der Waals surface area (Å²) in [6.45, 7) is 13.7. The average molecular weight is 787 g/mol. The van der Waals surface area contributed by atoms with Gasteiger partial charge in [-0.15, -0.1) is 0 Å². The topological polar surface area (TPSA) is 195 Å². The van der Waals surface area contributed by atoms with Gasteiger partial charge in [-0.2, -0.15) is 23.2 Å². The van der Waals surface area contributed by atoms with Crippen molar-refractivity contribution < 1.29 is 41.8 Å². The van der Waals surface area contributed by atoms with E-state index < -0.39 is 24.2 Å².